The van der Waals surface area contributed by atoms with Gasteiger partial charge in [-0.2, -0.15) is 0 Å². The Bertz CT molecular complexity index is 604. The fourth-order valence-electron chi connectivity index (χ4n) is 2.55. The van der Waals surface area contributed by atoms with E-state index in [9.17, 15) is 0 Å². The molecule has 0 fully saturated rings. The summed E-state index contributed by atoms with van der Waals surface area (Å²) in [5, 5.41) is 6.61. The van der Waals surface area contributed by atoms with Crippen molar-refractivity contribution in [1.29, 1.82) is 0 Å². The highest BCUT2D eigenvalue weighted by Crippen LogP contribution is 2.28. The lowest BCUT2D eigenvalue weighted by molar-refractivity contribution is 0.246. The number of hydrogen-bond donors (Lipinski definition) is 2. The first-order valence-electron chi connectivity index (χ1n) is 7.32. The van der Waals surface area contributed by atoms with Gasteiger partial charge in [0.15, 0.2) is 0 Å². The van der Waals surface area contributed by atoms with Crippen LogP contribution in [0.25, 0.3) is 0 Å². The van der Waals surface area contributed by atoms with Crippen molar-refractivity contribution in [2.75, 3.05) is 23.7 Å². The smallest absolute Gasteiger partial charge is 0.134 e. The molecule has 5 nitrogen and oxygen atoms in total. The van der Waals surface area contributed by atoms with Crippen LogP contribution in [-0.4, -0.2) is 29.2 Å². The van der Waals surface area contributed by atoms with Crippen LogP contribution in [0.2, 0.25) is 0 Å². The van der Waals surface area contributed by atoms with E-state index < -0.39 is 0 Å². The highest BCUT2D eigenvalue weighted by atomic mass is 16.5. The summed E-state index contributed by atoms with van der Waals surface area (Å²) in [6.45, 7) is 5.65. The van der Waals surface area contributed by atoms with Crippen LogP contribution < -0.4 is 15.4 Å². The molecule has 2 aromatic rings. The summed E-state index contributed by atoms with van der Waals surface area (Å²) in [4.78, 5) is 8.56. The van der Waals surface area contributed by atoms with E-state index in [0.717, 1.165) is 42.5 Å². The fraction of sp³-hybridized carbons (Fsp3) is 0.375. The van der Waals surface area contributed by atoms with Gasteiger partial charge in [0.1, 0.15) is 29.8 Å². The maximum atomic E-state index is 5.92. The molecule has 3 rings (SSSR count). The van der Waals surface area contributed by atoms with Crippen molar-refractivity contribution in [3.8, 4) is 5.75 Å². The Morgan fingerprint density at radius 1 is 1.19 bits per heavy atom. The van der Waals surface area contributed by atoms with Gasteiger partial charge in [0.2, 0.25) is 0 Å². The molecule has 1 aliphatic rings. The first-order chi connectivity index (χ1) is 10.3. The van der Waals surface area contributed by atoms with Crippen LogP contribution in [0.1, 0.15) is 18.1 Å². The first-order valence-corrected chi connectivity index (χ1v) is 7.32. The summed E-state index contributed by atoms with van der Waals surface area (Å²) in [7, 11) is 0. The van der Waals surface area contributed by atoms with Crippen molar-refractivity contribution in [3.63, 3.8) is 0 Å². The van der Waals surface area contributed by atoms with Gasteiger partial charge in [-0.05, 0) is 25.5 Å². The van der Waals surface area contributed by atoms with Gasteiger partial charge in [0.05, 0.1) is 6.54 Å². The minimum Gasteiger partial charge on any atom is -0.488 e. The lowest BCUT2D eigenvalue weighted by Gasteiger charge is -2.15. The van der Waals surface area contributed by atoms with Gasteiger partial charge in [-0.15, -0.1) is 0 Å². The lowest BCUT2D eigenvalue weighted by atomic mass is 10.1. The van der Waals surface area contributed by atoms with E-state index >= 15 is 0 Å². The monoisotopic (exact) mass is 284 g/mol. The van der Waals surface area contributed by atoms with Gasteiger partial charge in [0, 0.05) is 18.5 Å². The molecule has 0 bridgehead atoms. The average Bonchev–Trinajstić information content (AvgIpc) is 2.91. The maximum absolute atomic E-state index is 5.92. The number of para-hydroxylation sites is 1. The van der Waals surface area contributed by atoms with Crippen LogP contribution in [0.4, 0.5) is 11.6 Å². The number of ether oxygens (including phenoxy) is 1. The van der Waals surface area contributed by atoms with Gasteiger partial charge >= 0.3 is 0 Å². The molecule has 1 aliphatic heterocycles. The zero-order valence-electron chi connectivity index (χ0n) is 12.4. The molecular formula is C16H20N4O. The summed E-state index contributed by atoms with van der Waals surface area (Å²) >= 11 is 0. The second-order valence-electron chi connectivity index (χ2n) is 5.16. The number of rotatable bonds is 5. The van der Waals surface area contributed by atoms with Crippen molar-refractivity contribution in [3.05, 3.63) is 41.7 Å². The predicted octanol–water partition coefficient (Wildman–Crippen LogP) is 2.63. The van der Waals surface area contributed by atoms with Crippen molar-refractivity contribution < 1.29 is 4.74 Å². The molecule has 0 aliphatic carbocycles. The Morgan fingerprint density at radius 2 is 1.95 bits per heavy atom. The summed E-state index contributed by atoms with van der Waals surface area (Å²) in [6.07, 6.45) is 2.67. The standard InChI is InChI=1S/C16H20N4O/c1-3-17-15-11(2)16(20-10-19-15)18-9-13-8-12-6-4-5-7-14(12)21-13/h4-7,10,13H,3,8-9H2,1-2H3,(H2,17,18,19,20). The molecule has 0 amide bonds. The Labute approximate surface area is 124 Å². The summed E-state index contributed by atoms with van der Waals surface area (Å²) in [5.41, 5.74) is 2.31. The molecule has 2 N–H and O–H groups in total. The van der Waals surface area contributed by atoms with E-state index in [2.05, 4.69) is 39.7 Å². The first kappa shape index (κ1) is 13.7. The lowest BCUT2D eigenvalue weighted by Crippen LogP contribution is -2.24. The number of benzene rings is 1. The second kappa shape index (κ2) is 5.99. The highest BCUT2D eigenvalue weighted by Gasteiger charge is 2.22. The number of fused-ring (bicyclic) bond motifs is 1. The van der Waals surface area contributed by atoms with Crippen LogP contribution in [0.3, 0.4) is 0 Å². The zero-order valence-corrected chi connectivity index (χ0v) is 12.4. The SMILES string of the molecule is CCNc1ncnc(NCC2Cc3ccccc3O2)c1C. The Hall–Kier alpha value is -2.30. The third kappa shape index (κ3) is 2.91. The molecule has 0 saturated heterocycles. The van der Waals surface area contributed by atoms with Crippen LogP contribution in [-0.2, 0) is 6.42 Å². The minimum atomic E-state index is 0.152. The van der Waals surface area contributed by atoms with E-state index in [1.165, 1.54) is 5.56 Å². The second-order valence-corrected chi connectivity index (χ2v) is 5.16. The molecule has 1 unspecified atom stereocenters. The van der Waals surface area contributed by atoms with Gasteiger partial charge in [0.25, 0.3) is 0 Å². The zero-order chi connectivity index (χ0) is 14.7. The topological polar surface area (TPSA) is 59.1 Å². The molecule has 5 heteroatoms. The van der Waals surface area contributed by atoms with E-state index in [0.29, 0.717) is 0 Å². The number of aromatic nitrogens is 2. The Balaban J connectivity index is 1.63. The van der Waals surface area contributed by atoms with Crippen molar-refractivity contribution in [2.45, 2.75) is 26.4 Å². The van der Waals surface area contributed by atoms with Crippen molar-refractivity contribution in [1.82, 2.24) is 9.97 Å². The van der Waals surface area contributed by atoms with Crippen LogP contribution in [0, 0.1) is 6.92 Å². The molecule has 1 atom stereocenters. The molecule has 1 aromatic carbocycles. The van der Waals surface area contributed by atoms with Gasteiger partial charge in [-0.1, -0.05) is 18.2 Å². The summed E-state index contributed by atoms with van der Waals surface area (Å²) in [5.74, 6) is 2.74. The van der Waals surface area contributed by atoms with E-state index in [1.807, 2.05) is 19.1 Å². The van der Waals surface area contributed by atoms with Crippen LogP contribution in [0.5, 0.6) is 5.75 Å². The molecule has 110 valence electrons. The molecule has 0 saturated carbocycles. The van der Waals surface area contributed by atoms with E-state index in [1.54, 1.807) is 6.33 Å². The minimum absolute atomic E-state index is 0.152. The quantitative estimate of drug-likeness (QED) is 0.884. The fourth-order valence-corrected chi connectivity index (χ4v) is 2.55. The average molecular weight is 284 g/mol. The van der Waals surface area contributed by atoms with E-state index in [4.69, 9.17) is 4.74 Å². The Morgan fingerprint density at radius 3 is 2.71 bits per heavy atom. The number of hydrogen-bond acceptors (Lipinski definition) is 5. The molecule has 2 heterocycles. The van der Waals surface area contributed by atoms with Crippen molar-refractivity contribution >= 4 is 11.6 Å². The largest absolute Gasteiger partial charge is 0.488 e. The third-order valence-electron chi connectivity index (χ3n) is 3.64. The molecule has 21 heavy (non-hydrogen) atoms. The maximum Gasteiger partial charge on any atom is 0.134 e. The predicted molar refractivity (Wildman–Crippen MR) is 84.0 cm³/mol. The van der Waals surface area contributed by atoms with Gasteiger partial charge in [-0.3, -0.25) is 0 Å². The third-order valence-corrected chi connectivity index (χ3v) is 3.64. The van der Waals surface area contributed by atoms with Crippen LogP contribution >= 0.6 is 0 Å². The summed E-state index contributed by atoms with van der Waals surface area (Å²) in [6, 6.07) is 8.20. The van der Waals surface area contributed by atoms with Gasteiger partial charge in [-0.25, -0.2) is 9.97 Å². The van der Waals surface area contributed by atoms with Crippen molar-refractivity contribution in [2.24, 2.45) is 0 Å². The molecular weight excluding hydrogens is 264 g/mol. The normalized spacial score (nSPS) is 16.2. The molecule has 0 spiro atoms. The van der Waals surface area contributed by atoms with Gasteiger partial charge < -0.3 is 15.4 Å². The highest BCUT2D eigenvalue weighted by molar-refractivity contribution is 5.56. The molecule has 1 aromatic heterocycles. The Kier molecular flexibility index (Phi) is 3.90. The summed E-state index contributed by atoms with van der Waals surface area (Å²) < 4.78 is 5.92. The number of anilines is 2. The number of nitrogens with one attached hydrogen (secondary N) is 2. The van der Waals surface area contributed by atoms with Crippen LogP contribution in [0.15, 0.2) is 30.6 Å². The van der Waals surface area contributed by atoms with E-state index in [-0.39, 0.29) is 6.10 Å². The molecule has 0 radical (unpaired) electrons. The number of nitrogens with zero attached hydrogens (tertiary/aromatic N) is 2.